The molecule has 6 rings (SSSR count). The first kappa shape index (κ1) is 25.4. The van der Waals surface area contributed by atoms with Gasteiger partial charge in [0.15, 0.2) is 5.78 Å². The molecule has 0 saturated carbocycles. The SMILES string of the molecule is CCC(=O)O[C@@H]1Cc2cc3c(c(O)c2-c2c(O)c4c(c(OC)c21)C(=O)c1c(O)cccc1C4=O)C(=O)OC(C)C3. The normalized spacial score (nSPS) is 18.5. The minimum absolute atomic E-state index is 0.0247. The number of aromatic hydroxyl groups is 3. The van der Waals surface area contributed by atoms with E-state index in [9.17, 15) is 34.5 Å². The van der Waals surface area contributed by atoms with Gasteiger partial charge in [-0.15, -0.1) is 0 Å². The molecule has 0 saturated heterocycles. The first-order valence-corrected chi connectivity index (χ1v) is 12.8. The second-order valence-electron chi connectivity index (χ2n) is 10.0. The smallest absolute Gasteiger partial charge is 0.342 e. The van der Waals surface area contributed by atoms with E-state index in [4.69, 9.17) is 14.2 Å². The molecule has 204 valence electrons. The number of benzene rings is 3. The largest absolute Gasteiger partial charge is 0.507 e. The van der Waals surface area contributed by atoms with Gasteiger partial charge in [-0.1, -0.05) is 25.1 Å². The Balaban J connectivity index is 1.73. The molecule has 40 heavy (non-hydrogen) atoms. The molecular weight excluding hydrogens is 520 g/mol. The van der Waals surface area contributed by atoms with Crippen LogP contribution < -0.4 is 4.74 Å². The molecule has 1 aliphatic heterocycles. The number of ether oxygens (including phenoxy) is 3. The lowest BCUT2D eigenvalue weighted by atomic mass is 9.74. The molecule has 3 aliphatic rings. The minimum Gasteiger partial charge on any atom is -0.507 e. The molecule has 2 atom stereocenters. The molecule has 0 radical (unpaired) electrons. The molecule has 10 nitrogen and oxygen atoms in total. The zero-order chi connectivity index (χ0) is 28.6. The van der Waals surface area contributed by atoms with Crippen molar-refractivity contribution in [1.82, 2.24) is 0 Å². The topological polar surface area (TPSA) is 157 Å². The summed E-state index contributed by atoms with van der Waals surface area (Å²) in [5, 5.41) is 33.6. The first-order valence-electron chi connectivity index (χ1n) is 12.8. The number of methoxy groups -OCH3 is 1. The van der Waals surface area contributed by atoms with Crippen molar-refractivity contribution < 1.29 is 48.7 Å². The van der Waals surface area contributed by atoms with Crippen molar-refractivity contribution in [1.29, 1.82) is 0 Å². The van der Waals surface area contributed by atoms with E-state index in [1.54, 1.807) is 19.9 Å². The number of hydrogen-bond donors (Lipinski definition) is 3. The highest BCUT2D eigenvalue weighted by Gasteiger charge is 2.45. The highest BCUT2D eigenvalue weighted by molar-refractivity contribution is 6.32. The summed E-state index contributed by atoms with van der Waals surface area (Å²) in [6, 6.07) is 5.72. The lowest BCUT2D eigenvalue weighted by Crippen LogP contribution is -2.28. The molecule has 0 spiro atoms. The highest BCUT2D eigenvalue weighted by Crippen LogP contribution is 2.57. The van der Waals surface area contributed by atoms with Gasteiger partial charge in [-0.05, 0) is 24.1 Å². The van der Waals surface area contributed by atoms with E-state index in [0.29, 0.717) is 17.5 Å². The van der Waals surface area contributed by atoms with E-state index in [-0.39, 0.29) is 63.1 Å². The van der Waals surface area contributed by atoms with Crippen molar-refractivity contribution in [3.8, 4) is 34.1 Å². The Kier molecular flexibility index (Phi) is 5.62. The summed E-state index contributed by atoms with van der Waals surface area (Å²) < 4.78 is 16.7. The van der Waals surface area contributed by atoms with Gasteiger partial charge in [0.05, 0.1) is 23.8 Å². The fourth-order valence-corrected chi connectivity index (χ4v) is 6.02. The number of hydrogen-bond acceptors (Lipinski definition) is 10. The highest BCUT2D eigenvalue weighted by atomic mass is 16.5. The van der Waals surface area contributed by atoms with Crippen molar-refractivity contribution in [2.45, 2.75) is 45.3 Å². The summed E-state index contributed by atoms with van der Waals surface area (Å²) >= 11 is 0. The Morgan fingerprint density at radius 1 is 0.925 bits per heavy atom. The Bertz CT molecular complexity index is 1700. The molecule has 1 unspecified atom stereocenters. The van der Waals surface area contributed by atoms with E-state index in [0.717, 1.165) is 0 Å². The number of fused-ring (bicyclic) bond motifs is 6. The number of phenols is 3. The third-order valence-corrected chi connectivity index (χ3v) is 7.66. The van der Waals surface area contributed by atoms with Crippen molar-refractivity contribution in [3.63, 3.8) is 0 Å². The van der Waals surface area contributed by atoms with Crippen LogP contribution >= 0.6 is 0 Å². The molecule has 3 N–H and O–H groups in total. The van der Waals surface area contributed by atoms with Crippen molar-refractivity contribution in [2.24, 2.45) is 0 Å². The predicted octanol–water partition coefficient (Wildman–Crippen LogP) is 3.91. The van der Waals surface area contributed by atoms with Crippen LogP contribution in [0.4, 0.5) is 0 Å². The van der Waals surface area contributed by atoms with Gasteiger partial charge in [0.25, 0.3) is 0 Å². The fourth-order valence-electron chi connectivity index (χ4n) is 6.02. The van der Waals surface area contributed by atoms with Crippen LogP contribution in [0.1, 0.15) is 85.3 Å². The van der Waals surface area contributed by atoms with Gasteiger partial charge < -0.3 is 29.5 Å². The van der Waals surface area contributed by atoms with E-state index < -0.39 is 53.0 Å². The third kappa shape index (κ3) is 3.35. The standard InChI is InChI=1S/C30H24O10/c1-4-17(32)40-16-10-13-9-12-8-11(2)39-30(37)19(12)26(34)18(13)22-21(16)29(38-3)24-23(28(22)36)25(33)14-6-5-7-15(31)20(14)27(24)35/h5-7,9,11,16,31,34,36H,4,8,10H2,1-3H3/t11?,16-/m1/s1. The van der Waals surface area contributed by atoms with Gasteiger partial charge in [0.1, 0.15) is 40.8 Å². The molecule has 0 aromatic heterocycles. The van der Waals surface area contributed by atoms with Gasteiger partial charge in [-0.3, -0.25) is 14.4 Å². The number of carbonyl (C=O) groups excluding carboxylic acids is 4. The Hall–Kier alpha value is -4.86. The molecule has 1 heterocycles. The summed E-state index contributed by atoms with van der Waals surface area (Å²) in [5.41, 5.74) is -0.122. The summed E-state index contributed by atoms with van der Waals surface area (Å²) in [4.78, 5) is 52.7. The monoisotopic (exact) mass is 544 g/mol. The van der Waals surface area contributed by atoms with E-state index >= 15 is 0 Å². The summed E-state index contributed by atoms with van der Waals surface area (Å²) in [7, 11) is 1.25. The molecule has 10 heteroatoms. The maximum absolute atomic E-state index is 13.7. The van der Waals surface area contributed by atoms with E-state index in [1.807, 2.05) is 0 Å². The molecule has 0 bridgehead atoms. The quantitative estimate of drug-likeness (QED) is 0.323. The lowest BCUT2D eigenvalue weighted by molar-refractivity contribution is -0.149. The Labute approximate surface area is 227 Å². The summed E-state index contributed by atoms with van der Waals surface area (Å²) in [5.74, 6) is -4.51. The molecule has 3 aromatic rings. The first-order chi connectivity index (χ1) is 19.1. The van der Waals surface area contributed by atoms with Crippen molar-refractivity contribution in [2.75, 3.05) is 7.11 Å². The average molecular weight is 545 g/mol. The fraction of sp³-hybridized carbons (Fsp3) is 0.267. The molecule has 0 fully saturated rings. The summed E-state index contributed by atoms with van der Waals surface area (Å²) in [6.45, 7) is 3.33. The number of cyclic esters (lactones) is 1. The van der Waals surface area contributed by atoms with Gasteiger partial charge >= 0.3 is 11.9 Å². The van der Waals surface area contributed by atoms with Crippen LogP contribution in [0, 0.1) is 0 Å². The third-order valence-electron chi connectivity index (χ3n) is 7.66. The zero-order valence-corrected chi connectivity index (χ0v) is 21.8. The molecule has 0 amide bonds. The Morgan fingerprint density at radius 2 is 1.62 bits per heavy atom. The van der Waals surface area contributed by atoms with E-state index in [1.165, 1.54) is 25.3 Å². The van der Waals surface area contributed by atoms with Crippen LogP contribution in [-0.2, 0) is 27.1 Å². The van der Waals surface area contributed by atoms with Crippen LogP contribution in [0.2, 0.25) is 0 Å². The summed E-state index contributed by atoms with van der Waals surface area (Å²) in [6.07, 6.45) is -1.10. The van der Waals surface area contributed by atoms with Gasteiger partial charge in [-0.25, -0.2) is 4.79 Å². The lowest BCUT2D eigenvalue weighted by Gasteiger charge is -2.34. The zero-order valence-electron chi connectivity index (χ0n) is 21.8. The number of carbonyl (C=O) groups is 4. The molecule has 3 aromatic carbocycles. The van der Waals surface area contributed by atoms with Gasteiger partial charge in [-0.2, -0.15) is 0 Å². The van der Waals surface area contributed by atoms with Crippen molar-refractivity contribution >= 4 is 23.5 Å². The average Bonchev–Trinajstić information content (AvgIpc) is 2.90. The Morgan fingerprint density at radius 3 is 2.33 bits per heavy atom. The van der Waals surface area contributed by atoms with Crippen LogP contribution in [0.25, 0.3) is 11.1 Å². The number of esters is 2. The number of ketones is 2. The van der Waals surface area contributed by atoms with Crippen LogP contribution in [0.5, 0.6) is 23.0 Å². The van der Waals surface area contributed by atoms with Gasteiger partial charge in [0.2, 0.25) is 5.78 Å². The number of phenolic OH excluding ortho intramolecular Hbond substituents is 3. The van der Waals surface area contributed by atoms with Crippen molar-refractivity contribution in [3.05, 3.63) is 68.8 Å². The second kappa shape index (κ2) is 8.84. The van der Waals surface area contributed by atoms with Crippen LogP contribution in [0.15, 0.2) is 24.3 Å². The van der Waals surface area contributed by atoms with Crippen LogP contribution in [0.3, 0.4) is 0 Å². The molecular formula is C30H24O10. The van der Waals surface area contributed by atoms with Gasteiger partial charge in [0, 0.05) is 41.5 Å². The maximum Gasteiger partial charge on any atom is 0.342 e. The van der Waals surface area contributed by atoms with Crippen LogP contribution in [-0.4, -0.2) is 52.0 Å². The van der Waals surface area contributed by atoms with E-state index in [2.05, 4.69) is 0 Å². The second-order valence-corrected chi connectivity index (χ2v) is 10.0. The predicted molar refractivity (Wildman–Crippen MR) is 138 cm³/mol. The number of rotatable bonds is 3. The molecule has 2 aliphatic carbocycles. The minimum atomic E-state index is -1.07. The maximum atomic E-state index is 13.7.